The second-order valence-electron chi connectivity index (χ2n) is 5.80. The molecule has 1 N–H and O–H groups in total. The summed E-state index contributed by atoms with van der Waals surface area (Å²) < 4.78 is 11.2. The van der Waals surface area contributed by atoms with Gasteiger partial charge in [-0.05, 0) is 55.0 Å². The Bertz CT molecular complexity index is 845. The molecule has 0 saturated carbocycles. The molecule has 4 nitrogen and oxygen atoms in total. The molecule has 26 heavy (non-hydrogen) atoms. The molecule has 0 radical (unpaired) electrons. The Kier molecular flexibility index (Phi) is 5.88. The molecule has 0 aromatic heterocycles. The predicted octanol–water partition coefficient (Wildman–Crippen LogP) is 4.71. The first-order chi connectivity index (χ1) is 12.7. The van der Waals surface area contributed by atoms with Gasteiger partial charge in [-0.1, -0.05) is 36.4 Å². The Hall–Kier alpha value is -3.27. The molecule has 0 aliphatic rings. The minimum absolute atomic E-state index is 0.118. The van der Waals surface area contributed by atoms with Crippen molar-refractivity contribution in [3.8, 4) is 11.5 Å². The van der Waals surface area contributed by atoms with Crippen LogP contribution in [-0.2, 0) is 0 Å². The minimum atomic E-state index is -0.118. The van der Waals surface area contributed by atoms with Gasteiger partial charge in [0, 0.05) is 11.3 Å². The monoisotopic (exact) mass is 347 g/mol. The van der Waals surface area contributed by atoms with Crippen LogP contribution in [0.15, 0.2) is 78.9 Å². The summed E-state index contributed by atoms with van der Waals surface area (Å²) in [5, 5.41) is 2.90. The highest BCUT2D eigenvalue weighted by Gasteiger charge is 2.08. The van der Waals surface area contributed by atoms with Crippen LogP contribution >= 0.6 is 0 Å². The van der Waals surface area contributed by atoms with Crippen molar-refractivity contribution in [3.05, 3.63) is 90.0 Å². The molecule has 3 rings (SSSR count). The highest BCUT2D eigenvalue weighted by molar-refractivity contribution is 6.05. The second-order valence-corrected chi connectivity index (χ2v) is 5.80. The Balaban J connectivity index is 1.47. The molecule has 4 heteroatoms. The SMILES string of the molecule is Cc1ccccc1C(=O)Nc1ccc(OCCOc2ccccc2)cc1. The van der Waals surface area contributed by atoms with Gasteiger partial charge in [0.05, 0.1) is 0 Å². The molecule has 0 aliphatic heterocycles. The van der Waals surface area contributed by atoms with Crippen LogP contribution in [0.5, 0.6) is 11.5 Å². The third-order valence-corrected chi connectivity index (χ3v) is 3.87. The zero-order valence-electron chi connectivity index (χ0n) is 14.6. The molecule has 0 spiro atoms. The molecule has 1 amide bonds. The number of anilines is 1. The maximum Gasteiger partial charge on any atom is 0.255 e. The van der Waals surface area contributed by atoms with E-state index in [0.717, 1.165) is 22.7 Å². The fourth-order valence-corrected chi connectivity index (χ4v) is 2.50. The molecule has 0 unspecified atom stereocenters. The first kappa shape index (κ1) is 17.5. The second kappa shape index (κ2) is 8.72. The number of aryl methyl sites for hydroxylation is 1. The Morgan fingerprint density at radius 3 is 2.00 bits per heavy atom. The maximum absolute atomic E-state index is 12.3. The quantitative estimate of drug-likeness (QED) is 0.630. The van der Waals surface area contributed by atoms with E-state index < -0.39 is 0 Å². The van der Waals surface area contributed by atoms with Gasteiger partial charge in [-0.3, -0.25) is 4.79 Å². The smallest absolute Gasteiger partial charge is 0.255 e. The zero-order valence-corrected chi connectivity index (χ0v) is 14.6. The van der Waals surface area contributed by atoms with Crippen molar-refractivity contribution in [1.82, 2.24) is 0 Å². The van der Waals surface area contributed by atoms with Crippen LogP contribution in [0.4, 0.5) is 5.69 Å². The van der Waals surface area contributed by atoms with Crippen molar-refractivity contribution in [2.45, 2.75) is 6.92 Å². The van der Waals surface area contributed by atoms with Gasteiger partial charge >= 0.3 is 0 Å². The summed E-state index contributed by atoms with van der Waals surface area (Å²) in [6, 6.07) is 24.4. The van der Waals surface area contributed by atoms with E-state index in [-0.39, 0.29) is 5.91 Å². The van der Waals surface area contributed by atoms with E-state index >= 15 is 0 Å². The first-order valence-electron chi connectivity index (χ1n) is 8.50. The Labute approximate surface area is 153 Å². The molecular weight excluding hydrogens is 326 g/mol. The Morgan fingerprint density at radius 2 is 1.35 bits per heavy atom. The van der Waals surface area contributed by atoms with E-state index in [1.165, 1.54) is 0 Å². The van der Waals surface area contributed by atoms with Gasteiger partial charge in [0.1, 0.15) is 24.7 Å². The lowest BCUT2D eigenvalue weighted by atomic mass is 10.1. The number of hydrogen-bond donors (Lipinski definition) is 1. The van der Waals surface area contributed by atoms with E-state index in [9.17, 15) is 4.79 Å². The van der Waals surface area contributed by atoms with Crippen molar-refractivity contribution in [3.63, 3.8) is 0 Å². The summed E-state index contributed by atoms with van der Waals surface area (Å²) in [5.74, 6) is 1.44. The van der Waals surface area contributed by atoms with Gasteiger partial charge in [0.2, 0.25) is 0 Å². The highest BCUT2D eigenvalue weighted by Crippen LogP contribution is 2.17. The van der Waals surface area contributed by atoms with Crippen molar-refractivity contribution in [2.24, 2.45) is 0 Å². The van der Waals surface area contributed by atoms with Crippen molar-refractivity contribution in [2.75, 3.05) is 18.5 Å². The van der Waals surface area contributed by atoms with Crippen LogP contribution < -0.4 is 14.8 Å². The summed E-state index contributed by atoms with van der Waals surface area (Å²) in [4.78, 5) is 12.3. The summed E-state index contributed by atoms with van der Waals surface area (Å²) in [6.45, 7) is 2.84. The molecule has 0 fully saturated rings. The average molecular weight is 347 g/mol. The third kappa shape index (κ3) is 4.86. The van der Waals surface area contributed by atoms with E-state index in [0.29, 0.717) is 18.8 Å². The van der Waals surface area contributed by atoms with E-state index in [1.54, 1.807) is 0 Å². The van der Waals surface area contributed by atoms with Crippen molar-refractivity contribution < 1.29 is 14.3 Å². The van der Waals surface area contributed by atoms with E-state index in [2.05, 4.69) is 5.32 Å². The topological polar surface area (TPSA) is 47.6 Å². The number of carbonyl (C=O) groups is 1. The molecular formula is C22H21NO3. The average Bonchev–Trinajstić information content (AvgIpc) is 2.67. The lowest BCUT2D eigenvalue weighted by molar-refractivity contribution is 0.102. The number of para-hydroxylation sites is 1. The number of ether oxygens (including phenoxy) is 2. The maximum atomic E-state index is 12.3. The summed E-state index contributed by atoms with van der Waals surface area (Å²) in [5.41, 5.74) is 2.35. The molecule has 0 heterocycles. The lowest BCUT2D eigenvalue weighted by Gasteiger charge is -2.10. The summed E-state index contributed by atoms with van der Waals surface area (Å²) >= 11 is 0. The largest absolute Gasteiger partial charge is 0.490 e. The standard InChI is InChI=1S/C22H21NO3/c1-17-7-5-6-10-21(17)22(24)23-18-11-13-20(14-12-18)26-16-15-25-19-8-3-2-4-9-19/h2-14H,15-16H2,1H3,(H,23,24). The Morgan fingerprint density at radius 1 is 0.769 bits per heavy atom. The van der Waals surface area contributed by atoms with Gasteiger partial charge < -0.3 is 14.8 Å². The molecule has 132 valence electrons. The molecule has 0 saturated heterocycles. The molecule has 3 aromatic carbocycles. The number of carbonyl (C=O) groups excluding carboxylic acids is 1. The highest BCUT2D eigenvalue weighted by atomic mass is 16.5. The zero-order chi connectivity index (χ0) is 18.2. The van der Waals surface area contributed by atoms with Gasteiger partial charge in [0.25, 0.3) is 5.91 Å². The van der Waals surface area contributed by atoms with E-state index in [1.807, 2.05) is 85.8 Å². The van der Waals surface area contributed by atoms with Crippen LogP contribution in [0.2, 0.25) is 0 Å². The fraction of sp³-hybridized carbons (Fsp3) is 0.136. The summed E-state index contributed by atoms with van der Waals surface area (Å²) in [6.07, 6.45) is 0. The number of hydrogen-bond acceptors (Lipinski definition) is 3. The van der Waals surface area contributed by atoms with Crippen LogP contribution in [0.3, 0.4) is 0 Å². The molecule has 0 bridgehead atoms. The predicted molar refractivity (Wildman–Crippen MR) is 103 cm³/mol. The van der Waals surface area contributed by atoms with Crippen LogP contribution in [0.1, 0.15) is 15.9 Å². The first-order valence-corrected chi connectivity index (χ1v) is 8.50. The molecule has 0 atom stereocenters. The number of amides is 1. The van der Waals surface area contributed by atoms with Crippen LogP contribution in [-0.4, -0.2) is 19.1 Å². The van der Waals surface area contributed by atoms with Crippen LogP contribution in [0.25, 0.3) is 0 Å². The fourth-order valence-electron chi connectivity index (χ4n) is 2.50. The third-order valence-electron chi connectivity index (χ3n) is 3.87. The van der Waals surface area contributed by atoms with Gasteiger partial charge in [-0.25, -0.2) is 0 Å². The number of benzene rings is 3. The van der Waals surface area contributed by atoms with Gasteiger partial charge in [0.15, 0.2) is 0 Å². The van der Waals surface area contributed by atoms with Gasteiger partial charge in [-0.15, -0.1) is 0 Å². The number of rotatable bonds is 7. The normalized spacial score (nSPS) is 10.2. The lowest BCUT2D eigenvalue weighted by Crippen LogP contribution is -2.13. The van der Waals surface area contributed by atoms with Crippen molar-refractivity contribution in [1.29, 1.82) is 0 Å². The molecule has 3 aromatic rings. The minimum Gasteiger partial charge on any atom is -0.490 e. The van der Waals surface area contributed by atoms with Gasteiger partial charge in [-0.2, -0.15) is 0 Å². The number of nitrogens with one attached hydrogen (secondary N) is 1. The van der Waals surface area contributed by atoms with Crippen molar-refractivity contribution >= 4 is 11.6 Å². The summed E-state index contributed by atoms with van der Waals surface area (Å²) in [7, 11) is 0. The van der Waals surface area contributed by atoms with E-state index in [4.69, 9.17) is 9.47 Å². The molecule has 0 aliphatic carbocycles. The van der Waals surface area contributed by atoms with Crippen LogP contribution in [0, 0.1) is 6.92 Å².